The molecule has 168 valence electrons. The molecule has 4 rings (SSSR count). The zero-order chi connectivity index (χ0) is 23.0. The molecule has 7 nitrogen and oxygen atoms in total. The number of nitrogens with zero attached hydrogens (tertiary/aromatic N) is 4. The largest absolute Gasteiger partial charge is 0.337 e. The molecule has 0 saturated carbocycles. The summed E-state index contributed by atoms with van der Waals surface area (Å²) in [5.41, 5.74) is 2.31. The Hall–Kier alpha value is -2.10. The Morgan fingerprint density at radius 1 is 1.09 bits per heavy atom. The monoisotopic (exact) mass is 511 g/mol. The average Bonchev–Trinajstić information content (AvgIpc) is 3.31. The minimum Gasteiger partial charge on any atom is -0.337 e. The minimum absolute atomic E-state index is 0.0250. The van der Waals surface area contributed by atoms with E-state index < -0.39 is 10.0 Å². The summed E-state index contributed by atoms with van der Waals surface area (Å²) in [6.45, 7) is 1.79. The number of hydrogen-bond acceptors (Lipinski definition) is 5. The highest BCUT2D eigenvalue weighted by molar-refractivity contribution is 7.89. The first-order valence-corrected chi connectivity index (χ1v) is 12.3. The number of imidazole rings is 1. The van der Waals surface area contributed by atoms with Crippen molar-refractivity contribution >= 4 is 56.2 Å². The molecular weight excluding hydrogens is 493 g/mol. The minimum atomic E-state index is -3.78. The van der Waals surface area contributed by atoms with Gasteiger partial charge in [-0.2, -0.15) is 5.10 Å². The third-order valence-corrected chi connectivity index (χ3v) is 7.27. The fourth-order valence-electron chi connectivity index (χ4n) is 3.42. The molecule has 0 bridgehead atoms. The molecule has 0 aliphatic carbocycles. The Balaban J connectivity index is 1.61. The summed E-state index contributed by atoms with van der Waals surface area (Å²) >= 11 is 18.6. The molecule has 11 heteroatoms. The third kappa shape index (κ3) is 4.79. The van der Waals surface area contributed by atoms with Crippen LogP contribution in [0.4, 0.5) is 5.69 Å². The molecule has 0 amide bonds. The van der Waals surface area contributed by atoms with Gasteiger partial charge < -0.3 is 4.57 Å². The van der Waals surface area contributed by atoms with Crippen LogP contribution in [0, 0.1) is 6.92 Å². The van der Waals surface area contributed by atoms with Crippen LogP contribution in [0.5, 0.6) is 0 Å². The highest BCUT2D eigenvalue weighted by atomic mass is 35.5. The lowest BCUT2D eigenvalue weighted by molar-refractivity contribution is 0.582. The molecule has 0 saturated heterocycles. The molecule has 2 heterocycles. The maximum absolute atomic E-state index is 12.7. The van der Waals surface area contributed by atoms with Crippen LogP contribution in [0.1, 0.15) is 23.9 Å². The third-order valence-electron chi connectivity index (χ3n) is 5.21. The maximum atomic E-state index is 12.7. The number of hydrogen-bond donors (Lipinski definition) is 1. The Kier molecular flexibility index (Phi) is 6.51. The first-order chi connectivity index (χ1) is 15.1. The van der Waals surface area contributed by atoms with E-state index in [1.807, 2.05) is 24.3 Å². The van der Waals surface area contributed by atoms with Crippen LogP contribution < -0.4 is 9.73 Å². The van der Waals surface area contributed by atoms with Crippen LogP contribution >= 0.6 is 34.8 Å². The van der Waals surface area contributed by atoms with Crippen molar-refractivity contribution in [2.75, 3.05) is 11.6 Å². The maximum Gasteiger partial charge on any atom is 0.259 e. The van der Waals surface area contributed by atoms with Crippen LogP contribution in [-0.2, 0) is 17.1 Å². The number of nitrogens with one attached hydrogen (secondary N) is 1. The van der Waals surface area contributed by atoms with Crippen LogP contribution in [0.3, 0.4) is 0 Å². The van der Waals surface area contributed by atoms with E-state index in [0.29, 0.717) is 38.7 Å². The van der Waals surface area contributed by atoms with Crippen molar-refractivity contribution in [3.63, 3.8) is 0 Å². The van der Waals surface area contributed by atoms with E-state index in [4.69, 9.17) is 34.8 Å². The van der Waals surface area contributed by atoms with E-state index in [-0.39, 0.29) is 17.6 Å². The topological polar surface area (TPSA) is 79.6 Å². The van der Waals surface area contributed by atoms with Gasteiger partial charge >= 0.3 is 0 Å². The predicted molar refractivity (Wildman–Crippen MR) is 128 cm³/mol. The molecule has 1 aliphatic rings. The van der Waals surface area contributed by atoms with Crippen molar-refractivity contribution in [3.8, 4) is 0 Å². The van der Waals surface area contributed by atoms with Gasteiger partial charge in [-0.25, -0.2) is 18.1 Å². The number of halogens is 3. The van der Waals surface area contributed by atoms with Crippen LogP contribution in [0.25, 0.3) is 0 Å². The molecule has 32 heavy (non-hydrogen) atoms. The second kappa shape index (κ2) is 9.03. The normalized spacial score (nSPS) is 16.5. The van der Waals surface area contributed by atoms with Gasteiger partial charge in [-0.3, -0.25) is 5.01 Å². The van der Waals surface area contributed by atoms with Crippen molar-refractivity contribution in [1.82, 2.24) is 14.3 Å². The van der Waals surface area contributed by atoms with Crippen LogP contribution in [0.15, 0.2) is 58.8 Å². The molecule has 3 aromatic rings. The lowest BCUT2D eigenvalue weighted by atomic mass is 10.0. The SMILES string of the molecule is Cc1nc(S(=O)(=O)NCC2=NN(c3ccc(Cl)cc3Cl)C(c3ccc(Cl)cc3)C2)cn1C. The molecular formula is C21H20Cl3N5O2S. The molecule has 0 radical (unpaired) electrons. The van der Waals surface area contributed by atoms with E-state index in [1.54, 1.807) is 41.7 Å². The first kappa shape index (κ1) is 23.1. The van der Waals surface area contributed by atoms with E-state index >= 15 is 0 Å². The van der Waals surface area contributed by atoms with Gasteiger partial charge in [-0.1, -0.05) is 46.9 Å². The highest BCUT2D eigenvalue weighted by Gasteiger charge is 2.31. The fourth-order valence-corrected chi connectivity index (χ4v) is 5.10. The average molecular weight is 513 g/mol. The van der Waals surface area contributed by atoms with Gasteiger partial charge in [0.1, 0.15) is 5.82 Å². The van der Waals surface area contributed by atoms with E-state index in [0.717, 1.165) is 5.56 Å². The van der Waals surface area contributed by atoms with Gasteiger partial charge in [-0.15, -0.1) is 0 Å². The lowest BCUT2D eigenvalue weighted by Crippen LogP contribution is -2.29. The van der Waals surface area contributed by atoms with Crippen molar-refractivity contribution in [2.24, 2.45) is 12.1 Å². The number of aryl methyl sites for hydroxylation is 2. The van der Waals surface area contributed by atoms with Crippen molar-refractivity contribution in [2.45, 2.75) is 24.4 Å². The summed E-state index contributed by atoms with van der Waals surface area (Å²) < 4.78 is 29.6. The van der Waals surface area contributed by atoms with E-state index in [9.17, 15) is 8.42 Å². The highest BCUT2D eigenvalue weighted by Crippen LogP contribution is 2.39. The standard InChI is InChI=1S/C21H20Cl3N5O2S/c1-13-26-21(12-28(13)2)32(30,31)25-11-17-10-20(14-3-5-15(22)6-4-14)29(27-17)19-8-7-16(23)9-18(19)24/h3-9,12,20,25H,10-11H2,1-2H3. The Morgan fingerprint density at radius 2 is 1.78 bits per heavy atom. The fraction of sp³-hybridized carbons (Fsp3) is 0.238. The number of rotatable bonds is 6. The van der Waals surface area contributed by atoms with Crippen molar-refractivity contribution < 1.29 is 8.42 Å². The molecule has 1 N–H and O–H groups in total. The smallest absolute Gasteiger partial charge is 0.259 e. The Morgan fingerprint density at radius 3 is 2.41 bits per heavy atom. The first-order valence-electron chi connectivity index (χ1n) is 9.70. The summed E-state index contributed by atoms with van der Waals surface area (Å²) in [6, 6.07) is 12.5. The van der Waals surface area contributed by atoms with Gasteiger partial charge in [-0.05, 0) is 42.8 Å². The van der Waals surface area contributed by atoms with Gasteiger partial charge in [0.2, 0.25) is 0 Å². The van der Waals surface area contributed by atoms with E-state index in [1.165, 1.54) is 6.20 Å². The second-order valence-electron chi connectivity index (χ2n) is 7.44. The predicted octanol–water partition coefficient (Wildman–Crippen LogP) is 4.97. The summed E-state index contributed by atoms with van der Waals surface area (Å²) in [7, 11) is -2.03. The van der Waals surface area contributed by atoms with Gasteiger partial charge in [0, 0.05) is 29.7 Å². The Labute approximate surface area is 201 Å². The second-order valence-corrected chi connectivity index (χ2v) is 10.4. The summed E-state index contributed by atoms with van der Waals surface area (Å²) in [4.78, 5) is 4.10. The number of benzene rings is 2. The van der Waals surface area contributed by atoms with E-state index in [2.05, 4.69) is 14.8 Å². The molecule has 1 unspecified atom stereocenters. The number of hydrazone groups is 1. The molecule has 2 aromatic carbocycles. The molecule has 1 atom stereocenters. The van der Waals surface area contributed by atoms with Crippen LogP contribution in [0.2, 0.25) is 15.1 Å². The number of aromatic nitrogens is 2. The molecule has 1 aliphatic heterocycles. The molecule has 0 fully saturated rings. The lowest BCUT2D eigenvalue weighted by Gasteiger charge is -2.25. The van der Waals surface area contributed by atoms with Gasteiger partial charge in [0.15, 0.2) is 5.03 Å². The van der Waals surface area contributed by atoms with Crippen molar-refractivity contribution in [1.29, 1.82) is 0 Å². The molecule has 1 aromatic heterocycles. The van der Waals surface area contributed by atoms with Crippen molar-refractivity contribution in [3.05, 3.63) is 75.1 Å². The summed E-state index contributed by atoms with van der Waals surface area (Å²) in [6.07, 6.45) is 1.98. The van der Waals surface area contributed by atoms with Gasteiger partial charge in [0.25, 0.3) is 10.0 Å². The van der Waals surface area contributed by atoms with Gasteiger partial charge in [0.05, 0.1) is 29.0 Å². The molecule has 0 spiro atoms. The zero-order valence-corrected chi connectivity index (χ0v) is 20.3. The zero-order valence-electron chi connectivity index (χ0n) is 17.3. The quantitative estimate of drug-likeness (QED) is 0.505. The Bertz CT molecular complexity index is 1270. The number of sulfonamides is 1. The summed E-state index contributed by atoms with van der Waals surface area (Å²) in [5, 5.41) is 8.04. The summed E-state index contributed by atoms with van der Waals surface area (Å²) in [5.74, 6) is 0.606. The number of anilines is 1. The van der Waals surface area contributed by atoms with Crippen LogP contribution in [-0.4, -0.2) is 30.2 Å².